The predicted molar refractivity (Wildman–Crippen MR) is 314 cm³/mol. The van der Waals surface area contributed by atoms with E-state index in [9.17, 15) is 0 Å². The van der Waals surface area contributed by atoms with Crippen molar-refractivity contribution < 1.29 is 4.74 Å². The Hall–Kier alpha value is -7.36. The first-order valence-electron chi connectivity index (χ1n) is 26.3. The Labute approximate surface area is 435 Å². The fourth-order valence-electron chi connectivity index (χ4n) is 10.9. The second-order valence-corrected chi connectivity index (χ2v) is 24.7. The van der Waals surface area contributed by atoms with E-state index in [2.05, 4.69) is 282 Å². The van der Waals surface area contributed by atoms with Gasteiger partial charge in [0.1, 0.15) is 11.5 Å². The van der Waals surface area contributed by atoms with E-state index in [1.165, 1.54) is 55.3 Å². The average Bonchev–Trinajstić information content (AvgIpc) is 3.37. The standard InChI is InChI=1S/C70H68BNO/c1-67(2,3)53-35-50(36-54(43-53)68(4,5)6)48-31-33-59-61(39-48)72(66-57(46-25-18-14-19-26-46)29-22-30-58(66)47-27-20-15-21-28-47)62-40-52(45-23-16-13-17-24-45)42-64-65(62)71(59)60-34-32-49(41-63(60)73-64)51-37-55(69(7,8)9)44-56(38-51)70(10,11)12/h13-44H,1-12H3. The van der Waals surface area contributed by atoms with Crippen LogP contribution in [-0.2, 0) is 21.7 Å². The molecule has 3 heteroatoms. The van der Waals surface area contributed by atoms with Gasteiger partial charge in [0.15, 0.2) is 0 Å². The Balaban J connectivity index is 1.23. The van der Waals surface area contributed by atoms with Crippen molar-refractivity contribution in [2.24, 2.45) is 0 Å². The molecule has 362 valence electrons. The number of ether oxygens (including phenoxy) is 1. The Morgan fingerprint density at radius 3 is 1.18 bits per heavy atom. The molecule has 0 spiro atoms. The second-order valence-electron chi connectivity index (χ2n) is 24.7. The molecule has 0 saturated carbocycles. The van der Waals surface area contributed by atoms with E-state index in [0.29, 0.717) is 0 Å². The van der Waals surface area contributed by atoms with E-state index in [0.717, 1.165) is 67.5 Å². The fraction of sp³-hybridized carbons (Fsp3) is 0.229. The number of para-hydroxylation sites is 1. The highest BCUT2D eigenvalue weighted by molar-refractivity contribution is 6.99. The van der Waals surface area contributed by atoms with Gasteiger partial charge in [-0.2, -0.15) is 0 Å². The third kappa shape index (κ3) is 8.92. The Kier molecular flexibility index (Phi) is 11.6. The summed E-state index contributed by atoms with van der Waals surface area (Å²) in [4.78, 5) is 2.60. The van der Waals surface area contributed by atoms with E-state index < -0.39 is 0 Å². The summed E-state index contributed by atoms with van der Waals surface area (Å²) in [5, 5.41) is 0. The summed E-state index contributed by atoms with van der Waals surface area (Å²) >= 11 is 0. The van der Waals surface area contributed by atoms with Gasteiger partial charge in [0, 0.05) is 22.5 Å². The van der Waals surface area contributed by atoms with Crippen LogP contribution in [0.5, 0.6) is 11.5 Å². The maximum atomic E-state index is 7.43. The molecule has 73 heavy (non-hydrogen) atoms. The second kappa shape index (κ2) is 17.7. The molecular formula is C70H68BNO. The van der Waals surface area contributed by atoms with Crippen molar-refractivity contribution in [3.8, 4) is 67.1 Å². The molecular weight excluding hydrogens is 882 g/mol. The summed E-state index contributed by atoms with van der Waals surface area (Å²) in [5.74, 6) is 1.78. The first kappa shape index (κ1) is 47.9. The van der Waals surface area contributed by atoms with Crippen LogP contribution in [0.25, 0.3) is 55.6 Å². The van der Waals surface area contributed by atoms with Crippen LogP contribution in [0.2, 0.25) is 0 Å². The van der Waals surface area contributed by atoms with Crippen molar-refractivity contribution in [2.75, 3.05) is 4.90 Å². The zero-order chi connectivity index (χ0) is 51.2. The summed E-state index contributed by atoms with van der Waals surface area (Å²) in [6.45, 7) is 27.8. The van der Waals surface area contributed by atoms with Gasteiger partial charge < -0.3 is 9.64 Å². The lowest BCUT2D eigenvalue weighted by Gasteiger charge is -2.42. The summed E-state index contributed by atoms with van der Waals surface area (Å²) in [5.41, 5.74) is 24.0. The highest BCUT2D eigenvalue weighted by Gasteiger charge is 2.43. The molecule has 2 heterocycles. The lowest BCUT2D eigenvalue weighted by atomic mass is 9.34. The van der Waals surface area contributed by atoms with Gasteiger partial charge in [0.25, 0.3) is 6.71 Å². The minimum atomic E-state index is -0.103. The molecule has 0 radical (unpaired) electrons. The molecule has 2 aliphatic heterocycles. The molecule has 0 fully saturated rings. The predicted octanol–water partition coefficient (Wildman–Crippen LogP) is 17.6. The van der Waals surface area contributed by atoms with Crippen LogP contribution in [-0.4, -0.2) is 6.71 Å². The minimum absolute atomic E-state index is 0.0116. The monoisotopic (exact) mass is 950 g/mol. The molecule has 0 N–H and O–H groups in total. The van der Waals surface area contributed by atoms with Crippen LogP contribution in [0.15, 0.2) is 194 Å². The van der Waals surface area contributed by atoms with Crippen molar-refractivity contribution in [1.82, 2.24) is 0 Å². The summed E-state index contributed by atoms with van der Waals surface area (Å²) in [7, 11) is 0. The molecule has 0 saturated heterocycles. The van der Waals surface area contributed by atoms with Crippen LogP contribution < -0.4 is 26.0 Å². The molecule has 0 unspecified atom stereocenters. The SMILES string of the molecule is CC(C)(C)c1cc(-c2ccc3c(c2)Oc2cc(-c4ccccc4)cc4c2B3c2ccc(-c3cc(C(C)(C)C)cc(C(C)(C)C)c3)cc2N4c2c(-c3ccccc3)cccc2-c2ccccc2)cc(C(C)(C)C)c1. The van der Waals surface area contributed by atoms with E-state index in [-0.39, 0.29) is 28.4 Å². The van der Waals surface area contributed by atoms with Crippen LogP contribution in [0, 0.1) is 0 Å². The van der Waals surface area contributed by atoms with Gasteiger partial charge in [-0.15, -0.1) is 0 Å². The fourth-order valence-corrected chi connectivity index (χ4v) is 10.9. The molecule has 0 bridgehead atoms. The number of benzene rings is 9. The number of anilines is 3. The molecule has 2 nitrogen and oxygen atoms in total. The first-order chi connectivity index (χ1) is 34.7. The van der Waals surface area contributed by atoms with E-state index in [1.54, 1.807) is 0 Å². The van der Waals surface area contributed by atoms with Crippen molar-refractivity contribution >= 4 is 40.2 Å². The quantitative estimate of drug-likeness (QED) is 0.154. The van der Waals surface area contributed by atoms with Crippen molar-refractivity contribution in [1.29, 1.82) is 0 Å². The number of fused-ring (bicyclic) bond motifs is 4. The lowest BCUT2D eigenvalue weighted by Crippen LogP contribution is -2.59. The van der Waals surface area contributed by atoms with Gasteiger partial charge in [-0.3, -0.25) is 0 Å². The molecule has 0 aliphatic carbocycles. The minimum Gasteiger partial charge on any atom is -0.458 e. The highest BCUT2D eigenvalue weighted by Crippen LogP contribution is 2.51. The first-order valence-corrected chi connectivity index (χ1v) is 26.3. The summed E-state index contributed by atoms with van der Waals surface area (Å²) in [6.07, 6.45) is 0. The Morgan fingerprint density at radius 1 is 0.315 bits per heavy atom. The molecule has 0 amide bonds. The molecule has 9 aromatic rings. The lowest BCUT2D eigenvalue weighted by molar-refractivity contribution is 0.488. The maximum absolute atomic E-state index is 7.43. The third-order valence-corrected chi connectivity index (χ3v) is 15.3. The van der Waals surface area contributed by atoms with Crippen molar-refractivity contribution in [3.63, 3.8) is 0 Å². The van der Waals surface area contributed by atoms with Crippen molar-refractivity contribution in [2.45, 2.75) is 105 Å². The smallest absolute Gasteiger partial charge is 0.256 e. The molecule has 2 aliphatic rings. The van der Waals surface area contributed by atoms with Crippen LogP contribution in [0.3, 0.4) is 0 Å². The van der Waals surface area contributed by atoms with Gasteiger partial charge in [0.05, 0.1) is 5.69 Å². The third-order valence-electron chi connectivity index (χ3n) is 15.3. The summed E-state index contributed by atoms with van der Waals surface area (Å²) in [6, 6.07) is 73.0. The maximum Gasteiger partial charge on any atom is 0.256 e. The molecule has 11 rings (SSSR count). The van der Waals surface area contributed by atoms with Gasteiger partial charge in [0.2, 0.25) is 0 Å². The topological polar surface area (TPSA) is 12.5 Å². The Bertz CT molecular complexity index is 3440. The molecule has 9 aromatic carbocycles. The van der Waals surface area contributed by atoms with Gasteiger partial charge in [-0.1, -0.05) is 253 Å². The van der Waals surface area contributed by atoms with Crippen LogP contribution >= 0.6 is 0 Å². The van der Waals surface area contributed by atoms with Gasteiger partial charge in [-0.25, -0.2) is 0 Å². The zero-order valence-corrected chi connectivity index (χ0v) is 44.9. The number of nitrogens with zero attached hydrogens (tertiary/aromatic N) is 1. The van der Waals surface area contributed by atoms with Crippen molar-refractivity contribution in [3.05, 3.63) is 216 Å². The van der Waals surface area contributed by atoms with Gasteiger partial charge in [-0.05, 0) is 129 Å². The normalized spacial score (nSPS) is 13.3. The van der Waals surface area contributed by atoms with E-state index >= 15 is 0 Å². The van der Waals surface area contributed by atoms with E-state index in [4.69, 9.17) is 4.74 Å². The van der Waals surface area contributed by atoms with Crippen LogP contribution in [0.4, 0.5) is 17.1 Å². The number of rotatable bonds is 6. The zero-order valence-electron chi connectivity index (χ0n) is 44.9. The summed E-state index contributed by atoms with van der Waals surface area (Å²) < 4.78 is 7.43. The average molecular weight is 950 g/mol. The molecule has 0 atom stereocenters. The highest BCUT2D eigenvalue weighted by atomic mass is 16.5. The Morgan fingerprint density at radius 2 is 0.712 bits per heavy atom. The molecule has 0 aromatic heterocycles. The van der Waals surface area contributed by atoms with E-state index in [1.807, 2.05) is 0 Å². The largest absolute Gasteiger partial charge is 0.458 e. The van der Waals surface area contributed by atoms with Crippen LogP contribution in [0.1, 0.15) is 105 Å². The number of hydrogen-bond acceptors (Lipinski definition) is 2. The van der Waals surface area contributed by atoms with Gasteiger partial charge >= 0.3 is 0 Å². The number of hydrogen-bond donors (Lipinski definition) is 0.